The van der Waals surface area contributed by atoms with Crippen LogP contribution in [0.4, 0.5) is 5.69 Å². The molecular formula is C17H19BrN2O4. The second-order valence-electron chi connectivity index (χ2n) is 6.02. The number of carbonyl (C=O) groups is 2. The van der Waals surface area contributed by atoms with Gasteiger partial charge in [0.2, 0.25) is 5.91 Å². The molecule has 0 spiro atoms. The molecule has 1 aromatic carbocycles. The summed E-state index contributed by atoms with van der Waals surface area (Å²) < 4.78 is 5.67. The number of aliphatic hydroxyl groups is 1. The molecule has 0 radical (unpaired) electrons. The van der Waals surface area contributed by atoms with Crippen LogP contribution in [0.2, 0.25) is 0 Å². The Labute approximate surface area is 148 Å². The van der Waals surface area contributed by atoms with Crippen LogP contribution in [0, 0.1) is 0 Å². The van der Waals surface area contributed by atoms with Crippen LogP contribution in [0.25, 0.3) is 0 Å². The third-order valence-electron chi connectivity index (χ3n) is 3.25. The number of carbonyl (C=O) groups excluding carboxylic acids is 2. The Hall–Kier alpha value is -2.12. The zero-order chi connectivity index (χ0) is 17.7. The molecule has 0 fully saturated rings. The van der Waals surface area contributed by atoms with Gasteiger partial charge in [-0.3, -0.25) is 9.59 Å². The van der Waals surface area contributed by atoms with Crippen molar-refractivity contribution in [3.05, 3.63) is 52.4 Å². The highest BCUT2D eigenvalue weighted by Crippen LogP contribution is 2.16. The zero-order valence-electron chi connectivity index (χ0n) is 13.4. The van der Waals surface area contributed by atoms with Gasteiger partial charge < -0.3 is 20.2 Å². The summed E-state index contributed by atoms with van der Waals surface area (Å²) in [6, 6.07) is 10.2. The molecule has 128 valence electrons. The van der Waals surface area contributed by atoms with Crippen molar-refractivity contribution in [2.75, 3.05) is 11.9 Å². The number of anilines is 1. The molecule has 0 saturated heterocycles. The van der Waals surface area contributed by atoms with Crippen molar-refractivity contribution < 1.29 is 19.1 Å². The summed E-state index contributed by atoms with van der Waals surface area (Å²) in [6.45, 7) is 3.36. The number of aliphatic hydroxyl groups excluding tert-OH is 1. The molecule has 24 heavy (non-hydrogen) atoms. The molecule has 0 saturated carbocycles. The smallest absolute Gasteiger partial charge is 0.291 e. The molecular weight excluding hydrogens is 376 g/mol. The summed E-state index contributed by atoms with van der Waals surface area (Å²) in [4.78, 5) is 23.9. The van der Waals surface area contributed by atoms with Crippen molar-refractivity contribution in [2.24, 2.45) is 0 Å². The van der Waals surface area contributed by atoms with Gasteiger partial charge in [-0.25, -0.2) is 0 Å². The lowest BCUT2D eigenvalue weighted by Gasteiger charge is -2.23. The molecule has 0 bridgehead atoms. The Bertz CT molecular complexity index is 722. The van der Waals surface area contributed by atoms with Crippen LogP contribution in [0.3, 0.4) is 0 Å². The number of halogens is 1. The van der Waals surface area contributed by atoms with Gasteiger partial charge in [-0.2, -0.15) is 0 Å². The molecule has 2 rings (SSSR count). The van der Waals surface area contributed by atoms with Gasteiger partial charge in [0.25, 0.3) is 5.91 Å². The van der Waals surface area contributed by atoms with Gasteiger partial charge in [0.15, 0.2) is 10.4 Å². The minimum absolute atomic E-state index is 0.132. The van der Waals surface area contributed by atoms with Gasteiger partial charge >= 0.3 is 0 Å². The number of hydrogen-bond acceptors (Lipinski definition) is 4. The zero-order valence-corrected chi connectivity index (χ0v) is 15.0. The van der Waals surface area contributed by atoms with E-state index in [0.29, 0.717) is 10.4 Å². The lowest BCUT2D eigenvalue weighted by molar-refractivity contribution is -0.122. The van der Waals surface area contributed by atoms with Gasteiger partial charge in [0.1, 0.15) is 0 Å². The van der Waals surface area contributed by atoms with E-state index >= 15 is 0 Å². The van der Waals surface area contributed by atoms with E-state index in [9.17, 15) is 9.59 Å². The third kappa shape index (κ3) is 5.21. The van der Waals surface area contributed by atoms with Crippen LogP contribution in [-0.2, 0) is 11.2 Å². The Morgan fingerprint density at radius 3 is 2.38 bits per heavy atom. The van der Waals surface area contributed by atoms with E-state index < -0.39 is 5.54 Å². The van der Waals surface area contributed by atoms with E-state index in [1.807, 2.05) is 0 Å². The molecule has 0 unspecified atom stereocenters. The fraction of sp³-hybridized carbons (Fsp3) is 0.294. The number of nitrogens with one attached hydrogen (secondary N) is 2. The van der Waals surface area contributed by atoms with Crippen LogP contribution < -0.4 is 10.6 Å². The topological polar surface area (TPSA) is 91.6 Å². The van der Waals surface area contributed by atoms with Gasteiger partial charge in [-0.15, -0.1) is 0 Å². The number of rotatable bonds is 6. The van der Waals surface area contributed by atoms with Crippen LogP contribution in [0.15, 0.2) is 45.5 Å². The molecule has 0 aliphatic heterocycles. The van der Waals surface area contributed by atoms with Crippen molar-refractivity contribution >= 4 is 33.4 Å². The standard InChI is InChI=1S/C17H19BrN2O4/c1-17(2,10-21)20-15(22)9-11-3-5-12(6-4-11)19-16(23)13-7-8-14(18)24-13/h3-8,21H,9-10H2,1-2H3,(H,19,23)(H,20,22). The van der Waals surface area contributed by atoms with Crippen molar-refractivity contribution in [1.29, 1.82) is 0 Å². The van der Waals surface area contributed by atoms with E-state index in [0.717, 1.165) is 5.56 Å². The van der Waals surface area contributed by atoms with Gasteiger partial charge in [0.05, 0.1) is 18.6 Å². The van der Waals surface area contributed by atoms with Crippen LogP contribution in [0.5, 0.6) is 0 Å². The first-order valence-corrected chi connectivity index (χ1v) is 8.16. The first kappa shape index (κ1) is 18.2. The normalized spacial score (nSPS) is 11.2. The van der Waals surface area contributed by atoms with Gasteiger partial charge in [-0.1, -0.05) is 12.1 Å². The van der Waals surface area contributed by atoms with Crippen molar-refractivity contribution in [2.45, 2.75) is 25.8 Å². The molecule has 7 heteroatoms. The molecule has 0 aliphatic carbocycles. The van der Waals surface area contributed by atoms with E-state index in [1.165, 1.54) is 0 Å². The second kappa shape index (κ2) is 7.63. The second-order valence-corrected chi connectivity index (χ2v) is 6.80. The summed E-state index contributed by atoms with van der Waals surface area (Å²) in [6.07, 6.45) is 0.197. The Balaban J connectivity index is 1.93. The summed E-state index contributed by atoms with van der Waals surface area (Å²) in [5.74, 6) is -0.321. The van der Waals surface area contributed by atoms with Crippen LogP contribution >= 0.6 is 15.9 Å². The predicted molar refractivity (Wildman–Crippen MR) is 93.8 cm³/mol. The van der Waals surface area contributed by atoms with E-state index in [-0.39, 0.29) is 30.6 Å². The maximum absolute atomic E-state index is 12.0. The van der Waals surface area contributed by atoms with E-state index in [4.69, 9.17) is 9.52 Å². The van der Waals surface area contributed by atoms with Gasteiger partial charge in [0, 0.05) is 5.69 Å². The maximum Gasteiger partial charge on any atom is 0.291 e. The lowest BCUT2D eigenvalue weighted by atomic mass is 10.1. The van der Waals surface area contributed by atoms with Crippen molar-refractivity contribution in [3.8, 4) is 0 Å². The Morgan fingerprint density at radius 2 is 1.83 bits per heavy atom. The molecule has 6 nitrogen and oxygen atoms in total. The Morgan fingerprint density at radius 1 is 1.17 bits per heavy atom. The quantitative estimate of drug-likeness (QED) is 0.702. The minimum Gasteiger partial charge on any atom is -0.444 e. The third-order valence-corrected chi connectivity index (χ3v) is 3.67. The Kier molecular flexibility index (Phi) is 5.80. The fourth-order valence-electron chi connectivity index (χ4n) is 1.98. The van der Waals surface area contributed by atoms with Crippen LogP contribution in [-0.4, -0.2) is 29.1 Å². The summed E-state index contributed by atoms with van der Waals surface area (Å²) in [5.41, 5.74) is 0.759. The monoisotopic (exact) mass is 394 g/mol. The molecule has 1 aromatic heterocycles. The van der Waals surface area contributed by atoms with Crippen molar-refractivity contribution in [3.63, 3.8) is 0 Å². The number of furan rings is 1. The first-order valence-electron chi connectivity index (χ1n) is 7.36. The average Bonchev–Trinajstić information content (AvgIpc) is 2.95. The molecule has 2 amide bonds. The summed E-state index contributed by atoms with van der Waals surface area (Å²) >= 11 is 3.14. The highest BCUT2D eigenvalue weighted by molar-refractivity contribution is 9.10. The lowest BCUT2D eigenvalue weighted by Crippen LogP contribution is -2.46. The molecule has 2 aromatic rings. The minimum atomic E-state index is -0.650. The summed E-state index contributed by atoms with van der Waals surface area (Å²) in [7, 11) is 0. The largest absolute Gasteiger partial charge is 0.444 e. The van der Waals surface area contributed by atoms with Crippen molar-refractivity contribution in [1.82, 2.24) is 5.32 Å². The van der Waals surface area contributed by atoms with E-state index in [2.05, 4.69) is 26.6 Å². The number of amides is 2. The predicted octanol–water partition coefficient (Wildman–Crippen LogP) is 2.72. The molecule has 1 heterocycles. The average molecular weight is 395 g/mol. The molecule has 3 N–H and O–H groups in total. The fourth-order valence-corrected chi connectivity index (χ4v) is 2.29. The van der Waals surface area contributed by atoms with Gasteiger partial charge in [-0.05, 0) is 59.6 Å². The molecule has 0 atom stereocenters. The number of benzene rings is 1. The maximum atomic E-state index is 12.0. The molecule has 0 aliphatic rings. The van der Waals surface area contributed by atoms with E-state index in [1.54, 1.807) is 50.2 Å². The summed E-state index contributed by atoms with van der Waals surface area (Å²) in [5, 5.41) is 14.6. The first-order chi connectivity index (χ1) is 11.3. The highest BCUT2D eigenvalue weighted by Gasteiger charge is 2.19. The van der Waals surface area contributed by atoms with Crippen LogP contribution in [0.1, 0.15) is 30.0 Å². The highest BCUT2D eigenvalue weighted by atomic mass is 79.9. The number of hydrogen-bond donors (Lipinski definition) is 3. The SMILES string of the molecule is CC(C)(CO)NC(=O)Cc1ccc(NC(=O)c2ccc(Br)o2)cc1.